The second-order valence-electron chi connectivity index (χ2n) is 25.7. The molecule has 8 heteroatoms. The normalized spacial score (nSPS) is 11.8. The number of aromatic nitrogens is 6. The van der Waals surface area contributed by atoms with Gasteiger partial charge in [-0.05, 0) is 149 Å². The van der Waals surface area contributed by atoms with Gasteiger partial charge in [-0.3, -0.25) is 0 Å². The lowest BCUT2D eigenvalue weighted by atomic mass is 9.98. The quantitative estimate of drug-likeness (QED) is 0.128. The molecule has 0 fully saturated rings. The van der Waals surface area contributed by atoms with Gasteiger partial charge in [-0.15, -0.1) is 0 Å². The third-order valence-corrected chi connectivity index (χ3v) is 19.8. The highest BCUT2D eigenvalue weighted by Crippen LogP contribution is 2.42. The van der Waals surface area contributed by atoms with Crippen molar-refractivity contribution in [2.75, 3.05) is 0 Å². The number of hydrogen-bond acceptors (Lipinski definition) is 6. The van der Waals surface area contributed by atoms with Gasteiger partial charge in [0.1, 0.15) is 22.3 Å². The molecule has 100 heavy (non-hydrogen) atoms. The van der Waals surface area contributed by atoms with Gasteiger partial charge in [-0.2, -0.15) is 0 Å². The summed E-state index contributed by atoms with van der Waals surface area (Å²) in [6, 6.07) is 120. The second-order valence-corrected chi connectivity index (χ2v) is 25.7. The molecule has 0 aliphatic carbocycles. The van der Waals surface area contributed by atoms with Crippen molar-refractivity contribution >= 4 is 87.5 Å². The Morgan fingerprint density at radius 1 is 0.180 bits per heavy atom. The first-order valence-electron chi connectivity index (χ1n) is 33.7. The molecule has 8 nitrogen and oxygen atoms in total. The van der Waals surface area contributed by atoms with E-state index in [1.165, 1.54) is 16.3 Å². The molecular weight excluding hydrogens is 1220 g/mol. The van der Waals surface area contributed by atoms with E-state index < -0.39 is 0 Å². The lowest BCUT2D eigenvalue weighted by Gasteiger charge is -2.12. The number of para-hydroxylation sites is 3. The standard InChI is InChI=1S/C92H56N6O2/c1-4-18-57(19-5-1)59-34-36-61(37-35-59)80-55-79(60-22-8-3-9-23-60)93-91(94-80)67-38-43-75-78-54-70(42-47-88(78)100-89(75)51-67)98-85-33-15-12-30-73(85)76-50-64(40-45-86(76)98)63-25-17-27-66(49-63)82-56-81(65-26-16-24-62(48-65)58-20-6-2-7-21-58)95-92(96-82)68-39-44-74-77-53-69(41-46-87(77)99-90(74)52-68)97-83-31-13-10-28-71(83)72-29-11-14-32-84(72)97/h1-56H. The molecule has 14 aromatic carbocycles. The lowest BCUT2D eigenvalue weighted by Crippen LogP contribution is -1.96. The zero-order valence-electron chi connectivity index (χ0n) is 53.8. The predicted octanol–water partition coefficient (Wildman–Crippen LogP) is 24.3. The molecule has 6 heterocycles. The Labute approximate surface area is 574 Å². The molecule has 0 radical (unpaired) electrons. The Morgan fingerprint density at radius 2 is 0.520 bits per heavy atom. The molecule has 6 aromatic heterocycles. The Balaban J connectivity index is 0.652. The molecule has 466 valence electrons. The van der Waals surface area contributed by atoms with Crippen molar-refractivity contribution in [1.82, 2.24) is 29.1 Å². The van der Waals surface area contributed by atoms with E-state index >= 15 is 0 Å². The molecule has 0 saturated carbocycles. The first kappa shape index (κ1) is 56.8. The largest absolute Gasteiger partial charge is 0.456 e. The molecule has 0 bridgehead atoms. The van der Waals surface area contributed by atoms with Crippen molar-refractivity contribution < 1.29 is 8.83 Å². The molecule has 20 rings (SSSR count). The van der Waals surface area contributed by atoms with E-state index in [-0.39, 0.29) is 0 Å². The molecule has 0 unspecified atom stereocenters. The van der Waals surface area contributed by atoms with Crippen LogP contribution in [0.15, 0.2) is 349 Å². The summed E-state index contributed by atoms with van der Waals surface area (Å²) in [7, 11) is 0. The van der Waals surface area contributed by atoms with Crippen LogP contribution in [0, 0.1) is 0 Å². The molecule has 0 aliphatic rings. The van der Waals surface area contributed by atoms with Gasteiger partial charge in [0.25, 0.3) is 0 Å². The fraction of sp³-hybridized carbons (Fsp3) is 0. The highest BCUT2D eigenvalue weighted by atomic mass is 16.3. The van der Waals surface area contributed by atoms with E-state index in [1.54, 1.807) is 0 Å². The van der Waals surface area contributed by atoms with Crippen LogP contribution >= 0.6 is 0 Å². The zero-order chi connectivity index (χ0) is 65.8. The third kappa shape index (κ3) is 9.68. The first-order valence-corrected chi connectivity index (χ1v) is 33.7. The van der Waals surface area contributed by atoms with Crippen molar-refractivity contribution in [3.8, 4) is 113 Å². The maximum atomic E-state index is 6.71. The zero-order valence-corrected chi connectivity index (χ0v) is 53.8. The van der Waals surface area contributed by atoms with Crippen molar-refractivity contribution in [1.29, 1.82) is 0 Å². The highest BCUT2D eigenvalue weighted by Gasteiger charge is 2.21. The Morgan fingerprint density at radius 3 is 1.02 bits per heavy atom. The van der Waals surface area contributed by atoms with Gasteiger partial charge in [-0.25, -0.2) is 19.9 Å². The smallest absolute Gasteiger partial charge is 0.160 e. The summed E-state index contributed by atoms with van der Waals surface area (Å²) in [5.74, 6) is 1.23. The SMILES string of the molecule is c1ccc(-c2ccc(-c3cc(-c4ccccc4)nc(-c4ccc5c(c4)oc4ccc(-n6c7ccccc7c7cc(-c8cccc(-c9cc(-c%10cccc(-c%11ccccc%11)c%10)nc(-c%10ccc%11c(c%10)oc%10ccc(-n%12c%13ccccc%13c%13ccccc%13%12)cc%10%11)n9)c8)ccc76)cc45)n3)cc2)cc1. The molecule has 0 aliphatic heterocycles. The molecular formula is C92H56N6O2. The Kier molecular flexibility index (Phi) is 13.1. The van der Waals surface area contributed by atoms with Gasteiger partial charge < -0.3 is 18.0 Å². The van der Waals surface area contributed by atoms with E-state index in [0.29, 0.717) is 11.6 Å². The van der Waals surface area contributed by atoms with E-state index in [0.717, 1.165) is 172 Å². The maximum absolute atomic E-state index is 6.71. The predicted molar refractivity (Wildman–Crippen MR) is 410 cm³/mol. The number of furan rings is 2. The highest BCUT2D eigenvalue weighted by molar-refractivity contribution is 6.13. The minimum atomic E-state index is 0.604. The van der Waals surface area contributed by atoms with Gasteiger partial charge in [0.15, 0.2) is 11.6 Å². The van der Waals surface area contributed by atoms with Crippen LogP contribution in [0.1, 0.15) is 0 Å². The van der Waals surface area contributed by atoms with Crippen LogP contribution in [-0.2, 0) is 0 Å². The second kappa shape index (κ2) is 23.1. The van der Waals surface area contributed by atoms with Crippen LogP contribution in [0.5, 0.6) is 0 Å². The van der Waals surface area contributed by atoms with Crippen molar-refractivity contribution in [3.05, 3.63) is 340 Å². The average molecular weight is 1280 g/mol. The van der Waals surface area contributed by atoms with Gasteiger partial charge in [0.2, 0.25) is 0 Å². The maximum Gasteiger partial charge on any atom is 0.160 e. The number of rotatable bonds is 11. The molecule has 0 N–H and O–H groups in total. The van der Waals surface area contributed by atoms with E-state index in [2.05, 4.69) is 325 Å². The van der Waals surface area contributed by atoms with E-state index in [1.807, 2.05) is 24.3 Å². The summed E-state index contributed by atoms with van der Waals surface area (Å²) in [5, 5.41) is 8.87. The van der Waals surface area contributed by atoms with E-state index in [9.17, 15) is 0 Å². The molecule has 20 aromatic rings. The summed E-state index contributed by atoms with van der Waals surface area (Å²) >= 11 is 0. The molecule has 0 saturated heterocycles. The number of benzene rings is 14. The van der Waals surface area contributed by atoms with Gasteiger partial charge in [0.05, 0.1) is 44.8 Å². The van der Waals surface area contributed by atoms with Crippen molar-refractivity contribution in [3.63, 3.8) is 0 Å². The van der Waals surface area contributed by atoms with Crippen molar-refractivity contribution in [2.24, 2.45) is 0 Å². The Bertz CT molecular complexity index is 6590. The lowest BCUT2D eigenvalue weighted by molar-refractivity contribution is 0.668. The molecule has 0 spiro atoms. The van der Waals surface area contributed by atoms with Gasteiger partial charge >= 0.3 is 0 Å². The summed E-state index contributed by atoms with van der Waals surface area (Å²) in [6.45, 7) is 0. The number of fused-ring (bicyclic) bond motifs is 12. The van der Waals surface area contributed by atoms with Crippen LogP contribution in [0.25, 0.3) is 200 Å². The van der Waals surface area contributed by atoms with Gasteiger partial charge in [-0.1, -0.05) is 224 Å². The monoisotopic (exact) mass is 1280 g/mol. The summed E-state index contributed by atoms with van der Waals surface area (Å²) in [5.41, 5.74) is 25.6. The van der Waals surface area contributed by atoms with Crippen LogP contribution in [0.4, 0.5) is 0 Å². The summed E-state index contributed by atoms with van der Waals surface area (Å²) < 4.78 is 18.1. The van der Waals surface area contributed by atoms with Crippen LogP contribution < -0.4 is 0 Å². The fourth-order valence-electron chi connectivity index (χ4n) is 14.9. The topological polar surface area (TPSA) is 87.7 Å². The van der Waals surface area contributed by atoms with Crippen LogP contribution in [0.3, 0.4) is 0 Å². The Hall–Kier alpha value is -13.6. The minimum absolute atomic E-state index is 0.604. The average Bonchev–Trinajstić information content (AvgIpc) is 1.15. The third-order valence-electron chi connectivity index (χ3n) is 19.8. The molecule has 0 amide bonds. The van der Waals surface area contributed by atoms with Gasteiger partial charge in [0, 0.05) is 87.8 Å². The number of hydrogen-bond donors (Lipinski definition) is 0. The summed E-state index contributed by atoms with van der Waals surface area (Å²) in [6.07, 6.45) is 0. The van der Waals surface area contributed by atoms with Crippen LogP contribution in [-0.4, -0.2) is 29.1 Å². The first-order chi connectivity index (χ1) is 49.5. The van der Waals surface area contributed by atoms with E-state index in [4.69, 9.17) is 28.8 Å². The minimum Gasteiger partial charge on any atom is -0.456 e. The molecule has 0 atom stereocenters. The van der Waals surface area contributed by atoms with Crippen molar-refractivity contribution in [2.45, 2.75) is 0 Å². The summed E-state index contributed by atoms with van der Waals surface area (Å²) in [4.78, 5) is 21.2. The number of nitrogens with zero attached hydrogens (tertiary/aromatic N) is 6. The van der Waals surface area contributed by atoms with Crippen LogP contribution in [0.2, 0.25) is 0 Å². The fourth-order valence-corrected chi connectivity index (χ4v) is 14.9.